The van der Waals surface area contributed by atoms with Crippen LogP contribution in [-0.2, 0) is 11.2 Å². The SMILES string of the molecule is CC/C(=C(\C1=Cc2ccccc2C[C@@H](C)C1C)c1ccc(/C=C/C(=O)O)cc1)c1cccs1. The number of allylic oxidation sites excluding steroid dienone is 3. The maximum atomic E-state index is 10.9. The van der Waals surface area contributed by atoms with E-state index in [0.29, 0.717) is 11.8 Å². The summed E-state index contributed by atoms with van der Waals surface area (Å²) in [5.74, 6) is -0.00896. The molecular weight excluding hydrogens is 424 g/mol. The Morgan fingerprint density at radius 2 is 1.82 bits per heavy atom. The lowest BCUT2D eigenvalue weighted by atomic mass is 9.79. The Hall–Kier alpha value is -3.17. The van der Waals surface area contributed by atoms with E-state index in [4.69, 9.17) is 5.11 Å². The molecule has 168 valence electrons. The average Bonchev–Trinajstić information content (AvgIpc) is 3.31. The van der Waals surface area contributed by atoms with Gasteiger partial charge in [-0.2, -0.15) is 0 Å². The summed E-state index contributed by atoms with van der Waals surface area (Å²) in [7, 11) is 0. The monoisotopic (exact) mass is 454 g/mol. The van der Waals surface area contributed by atoms with E-state index < -0.39 is 5.97 Å². The number of fused-ring (bicyclic) bond motifs is 1. The minimum atomic E-state index is -0.935. The van der Waals surface area contributed by atoms with Gasteiger partial charge in [0.05, 0.1) is 0 Å². The van der Waals surface area contributed by atoms with Crippen LogP contribution in [0.5, 0.6) is 0 Å². The van der Waals surface area contributed by atoms with Crippen molar-refractivity contribution in [1.29, 1.82) is 0 Å². The van der Waals surface area contributed by atoms with Gasteiger partial charge in [-0.3, -0.25) is 0 Å². The fourth-order valence-electron chi connectivity index (χ4n) is 4.66. The van der Waals surface area contributed by atoms with E-state index in [1.54, 1.807) is 17.4 Å². The number of thiophene rings is 1. The summed E-state index contributed by atoms with van der Waals surface area (Å²) in [6, 6.07) is 21.4. The van der Waals surface area contributed by atoms with E-state index in [2.05, 4.69) is 80.8 Å². The summed E-state index contributed by atoms with van der Waals surface area (Å²) in [5, 5.41) is 11.1. The van der Waals surface area contributed by atoms with Crippen molar-refractivity contribution in [3.8, 4) is 0 Å². The Bertz CT molecular complexity index is 1210. The third-order valence-corrected chi connectivity index (χ3v) is 7.56. The van der Waals surface area contributed by atoms with Gasteiger partial charge in [0.25, 0.3) is 0 Å². The van der Waals surface area contributed by atoms with Gasteiger partial charge < -0.3 is 5.11 Å². The van der Waals surface area contributed by atoms with Crippen molar-refractivity contribution < 1.29 is 9.90 Å². The first-order chi connectivity index (χ1) is 16.0. The molecule has 0 saturated heterocycles. The summed E-state index contributed by atoms with van der Waals surface area (Å²) in [4.78, 5) is 12.2. The predicted molar refractivity (Wildman–Crippen MR) is 141 cm³/mol. The molecule has 1 N–H and O–H groups in total. The molecule has 2 atom stereocenters. The molecule has 2 nitrogen and oxygen atoms in total. The van der Waals surface area contributed by atoms with Crippen molar-refractivity contribution >= 4 is 40.6 Å². The Kier molecular flexibility index (Phi) is 7.10. The van der Waals surface area contributed by atoms with Crippen molar-refractivity contribution in [1.82, 2.24) is 0 Å². The first-order valence-corrected chi connectivity index (χ1v) is 12.4. The van der Waals surface area contributed by atoms with Crippen LogP contribution in [0.2, 0.25) is 0 Å². The molecule has 1 aromatic heterocycles. The highest BCUT2D eigenvalue weighted by Crippen LogP contribution is 2.43. The number of carboxylic acid groups (broad SMARTS) is 1. The van der Waals surface area contributed by atoms with E-state index in [1.165, 1.54) is 44.4 Å². The highest BCUT2D eigenvalue weighted by atomic mass is 32.1. The second kappa shape index (κ2) is 10.2. The molecule has 0 fully saturated rings. The molecule has 2 aromatic carbocycles. The lowest BCUT2D eigenvalue weighted by molar-refractivity contribution is -0.131. The highest BCUT2D eigenvalue weighted by Gasteiger charge is 2.27. The maximum Gasteiger partial charge on any atom is 0.328 e. The standard InChI is InChI=1S/C30H30O2S/c1-4-26(28-10-7-17-33-28)30(23-14-11-22(12-15-23)13-16-29(31)32)27-19-25-9-6-5-8-24(25)18-20(2)21(27)3/h5-17,19-21H,4,18H2,1-3H3,(H,31,32)/b16-13+,30-26+/t20-,21?/m1/s1. The zero-order valence-electron chi connectivity index (χ0n) is 19.4. The highest BCUT2D eigenvalue weighted by molar-refractivity contribution is 7.11. The number of carbonyl (C=O) groups is 1. The van der Waals surface area contributed by atoms with Crippen molar-refractivity contribution in [2.45, 2.75) is 33.6 Å². The van der Waals surface area contributed by atoms with Gasteiger partial charge in [0.15, 0.2) is 0 Å². The summed E-state index contributed by atoms with van der Waals surface area (Å²) in [5.41, 5.74) is 8.84. The van der Waals surface area contributed by atoms with Crippen LogP contribution in [0.3, 0.4) is 0 Å². The van der Waals surface area contributed by atoms with Crippen molar-refractivity contribution in [2.24, 2.45) is 11.8 Å². The topological polar surface area (TPSA) is 37.3 Å². The number of rotatable bonds is 6. The van der Waals surface area contributed by atoms with Crippen molar-refractivity contribution in [3.05, 3.63) is 105 Å². The first kappa shape index (κ1) is 23.0. The van der Waals surface area contributed by atoms with Crippen LogP contribution >= 0.6 is 11.3 Å². The van der Waals surface area contributed by atoms with Crippen LogP contribution in [0, 0.1) is 11.8 Å². The van der Waals surface area contributed by atoms with Crippen LogP contribution in [0.1, 0.15) is 54.3 Å². The number of hydrogen-bond donors (Lipinski definition) is 1. The minimum absolute atomic E-state index is 0.403. The van der Waals surface area contributed by atoms with Crippen LogP contribution in [0.4, 0.5) is 0 Å². The largest absolute Gasteiger partial charge is 0.478 e. The first-order valence-electron chi connectivity index (χ1n) is 11.6. The summed E-state index contributed by atoms with van der Waals surface area (Å²) < 4.78 is 0. The van der Waals surface area contributed by atoms with E-state index in [1.807, 2.05) is 12.1 Å². The lowest BCUT2D eigenvalue weighted by Crippen LogP contribution is -2.13. The van der Waals surface area contributed by atoms with Crippen LogP contribution in [-0.4, -0.2) is 11.1 Å². The van der Waals surface area contributed by atoms with Crippen LogP contribution in [0.25, 0.3) is 23.3 Å². The molecule has 3 aromatic rings. The van der Waals surface area contributed by atoms with Crippen molar-refractivity contribution in [3.63, 3.8) is 0 Å². The van der Waals surface area contributed by atoms with Gasteiger partial charge in [0, 0.05) is 11.0 Å². The number of aliphatic carboxylic acids is 1. The zero-order valence-corrected chi connectivity index (χ0v) is 20.2. The summed E-state index contributed by atoms with van der Waals surface area (Å²) in [6.45, 7) is 6.95. The van der Waals surface area contributed by atoms with Crippen LogP contribution in [0.15, 0.2) is 77.7 Å². The molecule has 1 aliphatic rings. The third-order valence-electron chi connectivity index (χ3n) is 6.63. The quantitative estimate of drug-likeness (QED) is 0.382. The Labute approximate surface area is 200 Å². The average molecular weight is 455 g/mol. The molecule has 0 spiro atoms. The van der Waals surface area contributed by atoms with Gasteiger partial charge in [-0.15, -0.1) is 11.3 Å². The number of hydrogen-bond acceptors (Lipinski definition) is 2. The predicted octanol–water partition coefficient (Wildman–Crippen LogP) is 8.08. The minimum Gasteiger partial charge on any atom is -0.478 e. The summed E-state index contributed by atoms with van der Waals surface area (Å²) in [6.07, 6.45) is 7.24. The molecule has 1 heterocycles. The lowest BCUT2D eigenvalue weighted by Gasteiger charge is -2.26. The molecule has 0 saturated carbocycles. The fourth-order valence-corrected chi connectivity index (χ4v) is 5.51. The summed E-state index contributed by atoms with van der Waals surface area (Å²) >= 11 is 1.79. The van der Waals surface area contributed by atoms with E-state index >= 15 is 0 Å². The molecule has 0 radical (unpaired) electrons. The molecule has 1 aliphatic carbocycles. The maximum absolute atomic E-state index is 10.9. The smallest absolute Gasteiger partial charge is 0.328 e. The van der Waals surface area contributed by atoms with E-state index in [9.17, 15) is 4.79 Å². The molecule has 4 rings (SSSR count). The van der Waals surface area contributed by atoms with Gasteiger partial charge in [0.1, 0.15) is 0 Å². The third kappa shape index (κ3) is 5.09. The molecule has 0 aliphatic heterocycles. The number of carboxylic acids is 1. The van der Waals surface area contributed by atoms with Gasteiger partial charge >= 0.3 is 5.97 Å². The second-order valence-electron chi connectivity index (χ2n) is 8.75. The van der Waals surface area contributed by atoms with Gasteiger partial charge in [0.2, 0.25) is 0 Å². The second-order valence-corrected chi connectivity index (χ2v) is 9.69. The van der Waals surface area contributed by atoms with E-state index in [-0.39, 0.29) is 0 Å². The van der Waals surface area contributed by atoms with Gasteiger partial charge in [-0.05, 0) is 81.2 Å². The van der Waals surface area contributed by atoms with Gasteiger partial charge in [-0.1, -0.05) is 81.4 Å². The molecule has 1 unspecified atom stereocenters. The van der Waals surface area contributed by atoms with E-state index in [0.717, 1.165) is 18.4 Å². The Balaban J connectivity index is 1.92. The Morgan fingerprint density at radius 1 is 1.06 bits per heavy atom. The molecule has 3 heteroatoms. The van der Waals surface area contributed by atoms with Gasteiger partial charge in [-0.25, -0.2) is 4.79 Å². The fraction of sp³-hybridized carbons (Fsp3) is 0.233. The molecule has 33 heavy (non-hydrogen) atoms. The molecule has 0 bridgehead atoms. The van der Waals surface area contributed by atoms with Crippen LogP contribution < -0.4 is 0 Å². The number of benzene rings is 2. The molecular formula is C30H30O2S. The normalized spacial score (nSPS) is 18.9. The van der Waals surface area contributed by atoms with Crippen molar-refractivity contribution in [2.75, 3.05) is 0 Å². The molecule has 0 amide bonds. The zero-order chi connectivity index (χ0) is 23.4. The Morgan fingerprint density at radius 3 is 2.48 bits per heavy atom.